The zero-order chi connectivity index (χ0) is 18.2. The van der Waals surface area contributed by atoms with Gasteiger partial charge in [-0.3, -0.25) is 0 Å². The zero-order valence-electron chi connectivity index (χ0n) is 12.8. The van der Waals surface area contributed by atoms with E-state index in [9.17, 15) is 18.0 Å². The van der Waals surface area contributed by atoms with E-state index in [2.05, 4.69) is 5.32 Å². The Bertz CT molecular complexity index is 824. The van der Waals surface area contributed by atoms with Crippen molar-refractivity contribution < 1.29 is 18.0 Å². The van der Waals surface area contributed by atoms with Crippen LogP contribution in [0.3, 0.4) is 0 Å². The monoisotopic (exact) mass is 388 g/mol. The van der Waals surface area contributed by atoms with E-state index in [-0.39, 0.29) is 5.69 Å². The molecule has 0 saturated heterocycles. The SMILES string of the molecule is O=C(Nc1ccc(C(F)(F)F)c(Cl)c1)N1CCc2ccc(Cl)cc2C1. The van der Waals surface area contributed by atoms with Crippen molar-refractivity contribution in [2.75, 3.05) is 11.9 Å². The number of fused-ring (bicyclic) bond motifs is 1. The van der Waals surface area contributed by atoms with Crippen LogP contribution in [0.15, 0.2) is 36.4 Å². The maximum absolute atomic E-state index is 12.7. The van der Waals surface area contributed by atoms with Gasteiger partial charge >= 0.3 is 12.2 Å². The highest BCUT2D eigenvalue weighted by Crippen LogP contribution is 2.36. The summed E-state index contributed by atoms with van der Waals surface area (Å²) in [6, 6.07) is 8.27. The molecule has 0 unspecified atom stereocenters. The minimum Gasteiger partial charge on any atom is -0.320 e. The molecule has 0 spiro atoms. The van der Waals surface area contributed by atoms with Crippen molar-refractivity contribution in [3.05, 3.63) is 63.1 Å². The van der Waals surface area contributed by atoms with Crippen molar-refractivity contribution >= 4 is 34.9 Å². The number of carbonyl (C=O) groups is 1. The standard InChI is InChI=1S/C17H13Cl2F3N2O/c18-12-2-1-10-5-6-24(9-11(10)7-12)16(25)23-13-3-4-14(15(19)8-13)17(20,21)22/h1-4,7-8H,5-6,9H2,(H,23,25). The van der Waals surface area contributed by atoms with Crippen molar-refractivity contribution in [3.8, 4) is 0 Å². The molecule has 0 atom stereocenters. The van der Waals surface area contributed by atoms with E-state index >= 15 is 0 Å². The summed E-state index contributed by atoms with van der Waals surface area (Å²) in [6.07, 6.45) is -3.84. The topological polar surface area (TPSA) is 32.3 Å². The molecule has 8 heteroatoms. The number of rotatable bonds is 1. The number of anilines is 1. The van der Waals surface area contributed by atoms with Gasteiger partial charge in [-0.1, -0.05) is 29.3 Å². The predicted octanol–water partition coefficient (Wildman–Crippen LogP) is 5.60. The number of halogens is 5. The number of nitrogens with zero attached hydrogens (tertiary/aromatic N) is 1. The molecule has 132 valence electrons. The summed E-state index contributed by atoms with van der Waals surface area (Å²) in [5.74, 6) is 0. The van der Waals surface area contributed by atoms with Crippen molar-refractivity contribution in [2.45, 2.75) is 19.1 Å². The number of hydrogen-bond donors (Lipinski definition) is 1. The van der Waals surface area contributed by atoms with Gasteiger partial charge in [0.05, 0.1) is 10.6 Å². The lowest BCUT2D eigenvalue weighted by Crippen LogP contribution is -2.38. The van der Waals surface area contributed by atoms with Crippen molar-refractivity contribution in [1.29, 1.82) is 0 Å². The molecule has 1 aliphatic rings. The van der Waals surface area contributed by atoms with Crippen LogP contribution < -0.4 is 5.32 Å². The number of urea groups is 1. The molecule has 1 aliphatic heterocycles. The normalized spacial score (nSPS) is 14.2. The van der Waals surface area contributed by atoms with Crippen LogP contribution in [0.5, 0.6) is 0 Å². The summed E-state index contributed by atoms with van der Waals surface area (Å²) < 4.78 is 38.1. The fourth-order valence-electron chi connectivity index (χ4n) is 2.72. The molecule has 1 heterocycles. The zero-order valence-corrected chi connectivity index (χ0v) is 14.3. The molecule has 0 radical (unpaired) electrons. The molecule has 2 aromatic rings. The largest absolute Gasteiger partial charge is 0.417 e. The lowest BCUT2D eigenvalue weighted by molar-refractivity contribution is -0.137. The van der Waals surface area contributed by atoms with E-state index in [4.69, 9.17) is 23.2 Å². The first-order chi connectivity index (χ1) is 11.7. The Balaban J connectivity index is 1.72. The van der Waals surface area contributed by atoms with Gasteiger partial charge in [0.1, 0.15) is 0 Å². The molecule has 3 rings (SSSR count). The van der Waals surface area contributed by atoms with Crippen molar-refractivity contribution in [3.63, 3.8) is 0 Å². The van der Waals surface area contributed by atoms with E-state index in [1.807, 2.05) is 12.1 Å². The lowest BCUT2D eigenvalue weighted by Gasteiger charge is -2.29. The summed E-state index contributed by atoms with van der Waals surface area (Å²) in [5, 5.41) is 2.71. The van der Waals surface area contributed by atoms with Gasteiger partial charge in [0.15, 0.2) is 0 Å². The average molecular weight is 389 g/mol. The summed E-state index contributed by atoms with van der Waals surface area (Å²) in [6.45, 7) is 0.894. The fourth-order valence-corrected chi connectivity index (χ4v) is 3.21. The van der Waals surface area contributed by atoms with Gasteiger partial charge < -0.3 is 10.2 Å². The number of benzene rings is 2. The second kappa shape index (κ2) is 6.77. The van der Waals surface area contributed by atoms with Crippen molar-refractivity contribution in [1.82, 2.24) is 4.90 Å². The average Bonchev–Trinajstić information content (AvgIpc) is 2.52. The third kappa shape index (κ3) is 4.02. The molecule has 0 aromatic heterocycles. The Kier molecular flexibility index (Phi) is 4.84. The number of nitrogens with one attached hydrogen (secondary N) is 1. The third-order valence-corrected chi connectivity index (χ3v) is 4.54. The van der Waals surface area contributed by atoms with E-state index in [1.54, 1.807) is 11.0 Å². The minimum absolute atomic E-state index is 0.208. The number of carbonyl (C=O) groups excluding carboxylic acids is 1. The van der Waals surface area contributed by atoms with Gasteiger partial charge in [0.25, 0.3) is 0 Å². The molecular formula is C17H13Cl2F3N2O. The Morgan fingerprint density at radius 3 is 2.52 bits per heavy atom. The van der Waals surface area contributed by atoms with E-state index < -0.39 is 22.8 Å². The molecule has 0 saturated carbocycles. The van der Waals surface area contributed by atoms with Gasteiger partial charge in [-0.15, -0.1) is 0 Å². The predicted molar refractivity (Wildman–Crippen MR) is 91.0 cm³/mol. The van der Waals surface area contributed by atoms with Crippen LogP contribution in [-0.2, 0) is 19.1 Å². The molecule has 0 aliphatic carbocycles. The summed E-state index contributed by atoms with van der Waals surface area (Å²) in [5.41, 5.74) is 1.36. The Labute approximate surface area is 152 Å². The molecule has 0 fully saturated rings. The first-order valence-corrected chi connectivity index (χ1v) is 8.19. The summed E-state index contributed by atoms with van der Waals surface area (Å²) in [7, 11) is 0. The fraction of sp³-hybridized carbons (Fsp3) is 0.235. The lowest BCUT2D eigenvalue weighted by atomic mass is 10.0. The van der Waals surface area contributed by atoms with Gasteiger partial charge in [0.2, 0.25) is 0 Å². The Morgan fingerprint density at radius 1 is 1.08 bits per heavy atom. The summed E-state index contributed by atoms with van der Waals surface area (Å²) >= 11 is 11.6. The molecule has 3 nitrogen and oxygen atoms in total. The molecule has 0 bridgehead atoms. The smallest absolute Gasteiger partial charge is 0.320 e. The van der Waals surface area contributed by atoms with Gasteiger partial charge in [-0.25, -0.2) is 4.79 Å². The molecule has 2 amide bonds. The van der Waals surface area contributed by atoms with E-state index in [1.165, 1.54) is 6.07 Å². The van der Waals surface area contributed by atoms with E-state index in [0.717, 1.165) is 23.3 Å². The first kappa shape index (κ1) is 17.9. The van der Waals surface area contributed by atoms with Gasteiger partial charge in [-0.05, 0) is 47.9 Å². The van der Waals surface area contributed by atoms with Crippen LogP contribution in [0.25, 0.3) is 0 Å². The molecule has 1 N–H and O–H groups in total. The van der Waals surface area contributed by atoms with Crippen LogP contribution >= 0.6 is 23.2 Å². The van der Waals surface area contributed by atoms with Gasteiger partial charge in [-0.2, -0.15) is 13.2 Å². The van der Waals surface area contributed by atoms with Crippen molar-refractivity contribution in [2.24, 2.45) is 0 Å². The maximum Gasteiger partial charge on any atom is 0.417 e. The van der Waals surface area contributed by atoms with Gasteiger partial charge in [0, 0.05) is 23.8 Å². The van der Waals surface area contributed by atoms with E-state index in [0.29, 0.717) is 24.5 Å². The third-order valence-electron chi connectivity index (χ3n) is 3.99. The van der Waals surface area contributed by atoms with Crippen LogP contribution in [0.2, 0.25) is 10.0 Å². The number of alkyl halides is 3. The molecular weight excluding hydrogens is 376 g/mol. The van der Waals surface area contributed by atoms with Crippen LogP contribution in [0, 0.1) is 0 Å². The molecule has 2 aromatic carbocycles. The highest BCUT2D eigenvalue weighted by Gasteiger charge is 2.33. The quantitative estimate of drug-likeness (QED) is 0.677. The van der Waals surface area contributed by atoms with Crippen LogP contribution in [0.1, 0.15) is 16.7 Å². The molecule has 25 heavy (non-hydrogen) atoms. The second-order valence-electron chi connectivity index (χ2n) is 5.71. The summed E-state index contributed by atoms with van der Waals surface area (Å²) in [4.78, 5) is 13.9. The second-order valence-corrected chi connectivity index (χ2v) is 6.55. The highest BCUT2D eigenvalue weighted by molar-refractivity contribution is 6.31. The number of hydrogen-bond acceptors (Lipinski definition) is 1. The highest BCUT2D eigenvalue weighted by atomic mass is 35.5. The Morgan fingerprint density at radius 2 is 1.84 bits per heavy atom. The Hall–Kier alpha value is -1.92. The van der Waals surface area contributed by atoms with Crippen LogP contribution in [-0.4, -0.2) is 17.5 Å². The minimum atomic E-state index is -4.53. The maximum atomic E-state index is 12.7. The van der Waals surface area contributed by atoms with Crippen LogP contribution in [0.4, 0.5) is 23.7 Å². The number of amides is 2. The first-order valence-electron chi connectivity index (χ1n) is 7.44.